The van der Waals surface area contributed by atoms with Crippen molar-refractivity contribution in [2.24, 2.45) is 0 Å². The van der Waals surface area contributed by atoms with Crippen LogP contribution in [0.5, 0.6) is 0 Å². The highest BCUT2D eigenvalue weighted by Crippen LogP contribution is 2.21. The fourth-order valence-electron chi connectivity index (χ4n) is 3.44. The van der Waals surface area contributed by atoms with E-state index >= 15 is 0 Å². The molecule has 5 nitrogen and oxygen atoms in total. The van der Waals surface area contributed by atoms with Crippen LogP contribution in [0.4, 0.5) is 5.69 Å². The van der Waals surface area contributed by atoms with Crippen LogP contribution in [0.3, 0.4) is 0 Å². The molecule has 0 saturated carbocycles. The van der Waals surface area contributed by atoms with Gasteiger partial charge in [0.15, 0.2) is 0 Å². The molecule has 1 saturated heterocycles. The topological polar surface area (TPSA) is 41.4 Å². The maximum Gasteiger partial charge on any atom is 0.257 e. The Bertz CT molecular complexity index is 929. The molecule has 0 N–H and O–H groups in total. The third-order valence-electron chi connectivity index (χ3n) is 5.00. The molecule has 0 atom stereocenters. The molecule has 0 radical (unpaired) electrons. The van der Waals surface area contributed by atoms with Crippen LogP contribution in [0.1, 0.15) is 16.1 Å². The van der Waals surface area contributed by atoms with Gasteiger partial charge in [-0.1, -0.05) is 29.8 Å². The summed E-state index contributed by atoms with van der Waals surface area (Å²) in [5.74, 6) is 0.0467. The Balaban J connectivity index is 1.45. The lowest BCUT2D eigenvalue weighted by Crippen LogP contribution is -2.48. The van der Waals surface area contributed by atoms with Gasteiger partial charge in [-0.15, -0.1) is 0 Å². The van der Waals surface area contributed by atoms with Crippen LogP contribution in [-0.2, 0) is 0 Å². The number of nitrogens with zero attached hydrogens (tertiary/aromatic N) is 4. The number of amides is 1. The first kappa shape index (κ1) is 17.6. The number of hydrogen-bond donors (Lipinski definition) is 0. The lowest BCUT2D eigenvalue weighted by atomic mass is 10.2. The minimum atomic E-state index is 0.0467. The molecule has 0 unspecified atom stereocenters. The Kier molecular flexibility index (Phi) is 4.86. The number of halogens is 1. The monoisotopic (exact) mass is 380 g/mol. The van der Waals surface area contributed by atoms with Gasteiger partial charge in [0, 0.05) is 36.9 Å². The van der Waals surface area contributed by atoms with Gasteiger partial charge < -0.3 is 9.80 Å². The predicted molar refractivity (Wildman–Crippen MR) is 108 cm³/mol. The zero-order valence-corrected chi connectivity index (χ0v) is 15.9. The first-order valence-electron chi connectivity index (χ1n) is 9.03. The molecule has 1 aliphatic heterocycles. The second-order valence-electron chi connectivity index (χ2n) is 6.65. The summed E-state index contributed by atoms with van der Waals surface area (Å²) < 4.78 is 1.82. The van der Waals surface area contributed by atoms with E-state index in [-0.39, 0.29) is 5.91 Å². The molecular weight excluding hydrogens is 360 g/mol. The smallest absolute Gasteiger partial charge is 0.257 e. The molecular formula is C21H21ClN4O. The van der Waals surface area contributed by atoms with Gasteiger partial charge in [-0.05, 0) is 43.3 Å². The number of carbonyl (C=O) groups is 1. The second kappa shape index (κ2) is 7.45. The summed E-state index contributed by atoms with van der Waals surface area (Å²) in [6.07, 6.45) is 1.68. The van der Waals surface area contributed by atoms with Crippen molar-refractivity contribution in [2.45, 2.75) is 6.92 Å². The molecule has 4 rings (SSSR count). The molecule has 1 fully saturated rings. The highest BCUT2D eigenvalue weighted by atomic mass is 35.5. The highest BCUT2D eigenvalue weighted by molar-refractivity contribution is 6.30. The number of hydrogen-bond acceptors (Lipinski definition) is 3. The van der Waals surface area contributed by atoms with Gasteiger partial charge in [0.25, 0.3) is 5.91 Å². The summed E-state index contributed by atoms with van der Waals surface area (Å²) in [6.45, 7) is 4.94. The van der Waals surface area contributed by atoms with Crippen molar-refractivity contribution in [1.82, 2.24) is 14.7 Å². The predicted octanol–water partition coefficient (Wildman–Crippen LogP) is 3.80. The van der Waals surface area contributed by atoms with E-state index < -0.39 is 0 Å². The molecule has 6 heteroatoms. The summed E-state index contributed by atoms with van der Waals surface area (Å²) in [6, 6.07) is 17.7. The third kappa shape index (κ3) is 3.55. The van der Waals surface area contributed by atoms with E-state index in [2.05, 4.69) is 10.00 Å². The van der Waals surface area contributed by atoms with E-state index in [1.807, 2.05) is 71.1 Å². The summed E-state index contributed by atoms with van der Waals surface area (Å²) in [5.41, 5.74) is 3.63. The number of anilines is 1. The Morgan fingerprint density at radius 2 is 1.59 bits per heavy atom. The maximum absolute atomic E-state index is 13.0. The number of rotatable bonds is 3. The molecule has 0 bridgehead atoms. The van der Waals surface area contributed by atoms with Crippen molar-refractivity contribution in [2.75, 3.05) is 31.1 Å². The van der Waals surface area contributed by atoms with Crippen LogP contribution in [0.2, 0.25) is 5.02 Å². The van der Waals surface area contributed by atoms with Crippen LogP contribution in [-0.4, -0.2) is 46.8 Å². The van der Waals surface area contributed by atoms with Crippen molar-refractivity contribution in [3.05, 3.63) is 77.1 Å². The van der Waals surface area contributed by atoms with E-state index in [0.29, 0.717) is 18.7 Å². The van der Waals surface area contributed by atoms with Gasteiger partial charge in [0.2, 0.25) is 0 Å². The summed E-state index contributed by atoms with van der Waals surface area (Å²) in [5, 5.41) is 5.15. The first-order valence-corrected chi connectivity index (χ1v) is 9.41. The minimum Gasteiger partial charge on any atom is -0.368 e. The van der Waals surface area contributed by atoms with Gasteiger partial charge in [-0.3, -0.25) is 4.79 Å². The zero-order valence-electron chi connectivity index (χ0n) is 15.2. The van der Waals surface area contributed by atoms with Crippen molar-refractivity contribution in [3.63, 3.8) is 0 Å². The second-order valence-corrected chi connectivity index (χ2v) is 7.08. The third-order valence-corrected chi connectivity index (χ3v) is 5.25. The van der Waals surface area contributed by atoms with Crippen molar-refractivity contribution >= 4 is 23.2 Å². The van der Waals surface area contributed by atoms with E-state index in [4.69, 9.17) is 11.6 Å². The minimum absolute atomic E-state index is 0.0467. The number of para-hydroxylation sites is 1. The van der Waals surface area contributed by atoms with Gasteiger partial charge in [0.1, 0.15) is 0 Å². The average molecular weight is 381 g/mol. The Morgan fingerprint density at radius 3 is 2.26 bits per heavy atom. The molecule has 27 heavy (non-hydrogen) atoms. The lowest BCUT2D eigenvalue weighted by molar-refractivity contribution is 0.0746. The highest BCUT2D eigenvalue weighted by Gasteiger charge is 2.25. The number of piperazine rings is 1. The van der Waals surface area contributed by atoms with E-state index in [0.717, 1.165) is 35.2 Å². The van der Waals surface area contributed by atoms with E-state index in [1.165, 1.54) is 0 Å². The zero-order chi connectivity index (χ0) is 18.8. The fraction of sp³-hybridized carbons (Fsp3) is 0.238. The molecule has 1 amide bonds. The van der Waals surface area contributed by atoms with E-state index in [1.54, 1.807) is 6.20 Å². The fourth-order valence-corrected chi connectivity index (χ4v) is 3.57. The number of benzene rings is 2. The average Bonchev–Trinajstić information content (AvgIpc) is 3.10. The Labute approximate surface area is 163 Å². The van der Waals surface area contributed by atoms with E-state index in [9.17, 15) is 4.79 Å². The van der Waals surface area contributed by atoms with Crippen molar-refractivity contribution in [3.8, 4) is 5.69 Å². The Hall–Kier alpha value is -2.79. The molecule has 0 spiro atoms. The van der Waals surface area contributed by atoms with Crippen molar-refractivity contribution in [1.29, 1.82) is 0 Å². The summed E-state index contributed by atoms with van der Waals surface area (Å²) >= 11 is 5.96. The first-order chi connectivity index (χ1) is 13.1. The standard InChI is InChI=1S/C21H21ClN4O/c1-16-20(15-23-26(16)19-5-3-2-4-6-19)21(27)25-13-11-24(12-14-25)18-9-7-17(22)8-10-18/h2-10,15H,11-14H2,1H3. The SMILES string of the molecule is Cc1c(C(=O)N2CCN(c3ccc(Cl)cc3)CC2)cnn1-c1ccccc1. The molecule has 1 aromatic heterocycles. The van der Waals surface area contributed by atoms with Crippen LogP contribution >= 0.6 is 11.6 Å². The normalized spacial score (nSPS) is 14.4. The number of carbonyl (C=O) groups excluding carboxylic acids is 1. The summed E-state index contributed by atoms with van der Waals surface area (Å²) in [7, 11) is 0. The lowest BCUT2D eigenvalue weighted by Gasteiger charge is -2.36. The quantitative estimate of drug-likeness (QED) is 0.694. The van der Waals surface area contributed by atoms with Gasteiger partial charge in [0.05, 0.1) is 23.1 Å². The van der Waals surface area contributed by atoms with Crippen LogP contribution in [0.15, 0.2) is 60.8 Å². The van der Waals surface area contributed by atoms with Gasteiger partial charge >= 0.3 is 0 Å². The van der Waals surface area contributed by atoms with Gasteiger partial charge in [-0.2, -0.15) is 5.10 Å². The van der Waals surface area contributed by atoms with Crippen LogP contribution in [0.25, 0.3) is 5.69 Å². The molecule has 138 valence electrons. The Morgan fingerprint density at radius 1 is 0.926 bits per heavy atom. The molecule has 3 aromatic rings. The van der Waals surface area contributed by atoms with Gasteiger partial charge in [-0.25, -0.2) is 4.68 Å². The number of aromatic nitrogens is 2. The molecule has 2 aromatic carbocycles. The molecule has 1 aliphatic rings. The van der Waals surface area contributed by atoms with Crippen molar-refractivity contribution < 1.29 is 4.79 Å². The van der Waals surface area contributed by atoms with Crippen LogP contribution < -0.4 is 4.90 Å². The summed E-state index contributed by atoms with van der Waals surface area (Å²) in [4.78, 5) is 17.2. The maximum atomic E-state index is 13.0. The molecule has 0 aliphatic carbocycles. The largest absolute Gasteiger partial charge is 0.368 e. The van der Waals surface area contributed by atoms with Crippen LogP contribution in [0, 0.1) is 6.92 Å². The molecule has 2 heterocycles.